The highest BCUT2D eigenvalue weighted by Gasteiger charge is 2.31. The first kappa shape index (κ1) is 25.4. The van der Waals surface area contributed by atoms with Gasteiger partial charge >= 0.3 is 6.18 Å². The maximum Gasteiger partial charge on any atom is 0.416 e. The maximum absolute atomic E-state index is 13.4. The molecule has 0 atom stereocenters. The van der Waals surface area contributed by atoms with E-state index in [0.717, 1.165) is 26.8 Å². The molecule has 190 valence electrons. The summed E-state index contributed by atoms with van der Waals surface area (Å²) in [7, 11) is 0. The highest BCUT2D eigenvalue weighted by molar-refractivity contribution is 9.10. The highest BCUT2D eigenvalue weighted by atomic mass is 79.9. The molecule has 9 heteroatoms. The van der Waals surface area contributed by atoms with Gasteiger partial charge in [-0.05, 0) is 48.0 Å². The van der Waals surface area contributed by atoms with Crippen molar-refractivity contribution in [1.82, 2.24) is 9.66 Å². The number of hydrogen-bond acceptors (Lipinski definition) is 4. The van der Waals surface area contributed by atoms with Gasteiger partial charge in [-0.15, -0.1) is 0 Å². The second-order valence-electron chi connectivity index (χ2n) is 8.35. The minimum absolute atomic E-state index is 0.0159. The summed E-state index contributed by atoms with van der Waals surface area (Å²) in [5.41, 5.74) is 0.628. The zero-order valence-corrected chi connectivity index (χ0v) is 21.3. The van der Waals surface area contributed by atoms with Crippen molar-refractivity contribution >= 4 is 33.0 Å². The van der Waals surface area contributed by atoms with Crippen molar-refractivity contribution in [3.8, 4) is 17.1 Å². The summed E-state index contributed by atoms with van der Waals surface area (Å²) in [6.07, 6.45) is -3.12. The van der Waals surface area contributed by atoms with E-state index < -0.39 is 17.3 Å². The number of para-hydroxylation sites is 1. The lowest BCUT2D eigenvalue weighted by Crippen LogP contribution is -2.20. The van der Waals surface area contributed by atoms with Crippen LogP contribution < -0.4 is 10.3 Å². The summed E-state index contributed by atoms with van der Waals surface area (Å²) in [4.78, 5) is 17.9. The molecule has 5 rings (SSSR count). The largest absolute Gasteiger partial charge is 0.488 e. The van der Waals surface area contributed by atoms with Crippen LogP contribution in [0.25, 0.3) is 22.3 Å². The second kappa shape index (κ2) is 10.6. The summed E-state index contributed by atoms with van der Waals surface area (Å²) in [6.45, 7) is 0.316. The molecule has 4 aromatic carbocycles. The molecular weight excluding hydrogens is 559 g/mol. The predicted molar refractivity (Wildman–Crippen MR) is 144 cm³/mol. The van der Waals surface area contributed by atoms with Gasteiger partial charge in [0.05, 0.1) is 22.7 Å². The van der Waals surface area contributed by atoms with Gasteiger partial charge in [0.25, 0.3) is 5.56 Å². The molecule has 0 saturated heterocycles. The Hall–Kier alpha value is -4.24. The number of rotatable bonds is 6. The Kier molecular flexibility index (Phi) is 7.11. The third-order valence-electron chi connectivity index (χ3n) is 5.72. The van der Waals surface area contributed by atoms with Crippen LogP contribution >= 0.6 is 15.9 Å². The smallest absolute Gasteiger partial charge is 0.416 e. The molecule has 38 heavy (non-hydrogen) atoms. The van der Waals surface area contributed by atoms with Crippen LogP contribution in [0.1, 0.15) is 16.7 Å². The number of nitrogens with zero attached hydrogens (tertiary/aromatic N) is 3. The molecule has 0 aliphatic heterocycles. The fraction of sp³-hybridized carbons (Fsp3) is 0.0690. The van der Waals surface area contributed by atoms with Crippen LogP contribution in [0.2, 0.25) is 0 Å². The van der Waals surface area contributed by atoms with Gasteiger partial charge in [0.15, 0.2) is 5.82 Å². The molecule has 0 bridgehead atoms. The molecule has 5 aromatic rings. The fourth-order valence-corrected chi connectivity index (χ4v) is 4.24. The molecular formula is C29H19BrF3N3O2. The lowest BCUT2D eigenvalue weighted by atomic mass is 10.1. The summed E-state index contributed by atoms with van der Waals surface area (Å²) in [6, 6.07) is 26.3. The van der Waals surface area contributed by atoms with Crippen molar-refractivity contribution < 1.29 is 17.9 Å². The van der Waals surface area contributed by atoms with Crippen molar-refractivity contribution in [1.29, 1.82) is 0 Å². The van der Waals surface area contributed by atoms with Gasteiger partial charge in [0.2, 0.25) is 0 Å². The third kappa shape index (κ3) is 5.52. The van der Waals surface area contributed by atoms with Crippen molar-refractivity contribution in [2.45, 2.75) is 12.8 Å². The first-order valence-electron chi connectivity index (χ1n) is 11.5. The van der Waals surface area contributed by atoms with Crippen molar-refractivity contribution in [2.24, 2.45) is 5.10 Å². The molecule has 1 aromatic heterocycles. The molecule has 5 nitrogen and oxygen atoms in total. The Morgan fingerprint density at radius 3 is 2.47 bits per heavy atom. The Morgan fingerprint density at radius 2 is 1.68 bits per heavy atom. The minimum Gasteiger partial charge on any atom is -0.488 e. The van der Waals surface area contributed by atoms with Crippen molar-refractivity contribution in [3.63, 3.8) is 0 Å². The topological polar surface area (TPSA) is 56.5 Å². The monoisotopic (exact) mass is 577 g/mol. The van der Waals surface area contributed by atoms with Gasteiger partial charge in [-0.3, -0.25) is 4.79 Å². The van der Waals surface area contributed by atoms with Crippen LogP contribution in [-0.4, -0.2) is 15.9 Å². The molecule has 0 saturated carbocycles. The molecule has 0 aliphatic carbocycles. The van der Waals surface area contributed by atoms with Crippen LogP contribution in [0.3, 0.4) is 0 Å². The average Bonchev–Trinajstić information content (AvgIpc) is 2.92. The number of aromatic nitrogens is 2. The zero-order chi connectivity index (χ0) is 26.7. The Morgan fingerprint density at radius 1 is 0.921 bits per heavy atom. The van der Waals surface area contributed by atoms with Crippen molar-refractivity contribution in [2.75, 3.05) is 0 Å². The number of fused-ring (bicyclic) bond motifs is 1. The van der Waals surface area contributed by atoms with Crippen LogP contribution in [0.5, 0.6) is 5.75 Å². The quantitative estimate of drug-likeness (QED) is 0.199. The summed E-state index contributed by atoms with van der Waals surface area (Å²) in [5, 5.41) is 4.67. The van der Waals surface area contributed by atoms with Crippen LogP contribution in [-0.2, 0) is 12.8 Å². The first-order chi connectivity index (χ1) is 18.3. The van der Waals surface area contributed by atoms with Gasteiger partial charge in [-0.25, -0.2) is 4.98 Å². The summed E-state index contributed by atoms with van der Waals surface area (Å²) < 4.78 is 48.0. The lowest BCUT2D eigenvalue weighted by Gasteiger charge is -2.13. The average molecular weight is 578 g/mol. The number of benzene rings is 4. The summed E-state index contributed by atoms with van der Waals surface area (Å²) >= 11 is 3.44. The minimum atomic E-state index is -4.55. The van der Waals surface area contributed by atoms with E-state index in [9.17, 15) is 18.0 Å². The van der Waals surface area contributed by atoms with Gasteiger partial charge in [-0.2, -0.15) is 22.9 Å². The van der Waals surface area contributed by atoms with Gasteiger partial charge in [0, 0.05) is 15.6 Å². The maximum atomic E-state index is 13.4. The number of halogens is 4. The standard InChI is InChI=1S/C29H19BrF3N3O2/c30-23-13-14-26(38-18-19-7-2-1-3-8-19)21(16-23)17-34-36-27(20-9-6-10-22(15-20)29(31,32)33)35-25-12-5-4-11-24(25)28(36)37/h1-17H,18H2. The van der Waals surface area contributed by atoms with E-state index in [0.29, 0.717) is 23.4 Å². The van der Waals surface area contributed by atoms with Gasteiger partial charge in [0.1, 0.15) is 12.4 Å². The molecule has 1 heterocycles. The SMILES string of the molecule is O=c1c2ccccc2nc(-c2cccc(C(F)(F)F)c2)n1N=Cc1cc(Br)ccc1OCc1ccccc1. The Labute approximate surface area is 224 Å². The lowest BCUT2D eigenvalue weighted by molar-refractivity contribution is -0.137. The second-order valence-corrected chi connectivity index (χ2v) is 9.26. The van der Waals surface area contributed by atoms with Crippen LogP contribution in [0, 0.1) is 0 Å². The van der Waals surface area contributed by atoms with E-state index in [1.807, 2.05) is 36.4 Å². The fourth-order valence-electron chi connectivity index (χ4n) is 3.86. The summed E-state index contributed by atoms with van der Waals surface area (Å²) in [5.74, 6) is 0.501. The van der Waals surface area contributed by atoms with Crippen LogP contribution in [0.4, 0.5) is 13.2 Å². The van der Waals surface area contributed by atoms with E-state index in [4.69, 9.17) is 4.74 Å². The Bertz CT molecular complexity index is 1700. The molecule has 0 unspecified atom stereocenters. The van der Waals surface area contributed by atoms with Gasteiger partial charge in [-0.1, -0.05) is 70.5 Å². The molecule has 0 radical (unpaired) electrons. The molecule has 0 amide bonds. The van der Waals surface area contributed by atoms with E-state index in [1.54, 1.807) is 36.4 Å². The first-order valence-corrected chi connectivity index (χ1v) is 12.3. The van der Waals surface area contributed by atoms with E-state index in [2.05, 4.69) is 26.0 Å². The molecule has 0 aliphatic rings. The zero-order valence-electron chi connectivity index (χ0n) is 19.7. The van der Waals surface area contributed by atoms with Crippen molar-refractivity contribution in [3.05, 3.63) is 129 Å². The Balaban J connectivity index is 1.61. The predicted octanol–water partition coefficient (Wildman–Crippen LogP) is 7.31. The number of alkyl halides is 3. The van der Waals surface area contributed by atoms with Gasteiger partial charge < -0.3 is 4.74 Å². The molecule has 0 N–H and O–H groups in total. The third-order valence-corrected chi connectivity index (χ3v) is 6.22. The normalized spacial score (nSPS) is 11.8. The number of hydrogen-bond donors (Lipinski definition) is 0. The van der Waals surface area contributed by atoms with Crippen LogP contribution in [0.15, 0.2) is 111 Å². The van der Waals surface area contributed by atoms with E-state index >= 15 is 0 Å². The molecule has 0 fully saturated rings. The van der Waals surface area contributed by atoms with E-state index in [-0.39, 0.29) is 16.8 Å². The van der Waals surface area contributed by atoms with E-state index in [1.165, 1.54) is 18.3 Å². The number of ether oxygens (including phenoxy) is 1. The highest BCUT2D eigenvalue weighted by Crippen LogP contribution is 2.32. The molecule has 0 spiro atoms.